The first-order chi connectivity index (χ1) is 14.3. The van der Waals surface area contributed by atoms with Gasteiger partial charge < -0.3 is 9.84 Å². The van der Waals surface area contributed by atoms with Gasteiger partial charge in [-0.15, -0.1) is 11.8 Å². The molecule has 158 valence electrons. The van der Waals surface area contributed by atoms with Crippen molar-refractivity contribution in [2.75, 3.05) is 6.54 Å². The van der Waals surface area contributed by atoms with Crippen molar-refractivity contribution in [2.45, 2.75) is 57.1 Å². The van der Waals surface area contributed by atoms with Gasteiger partial charge in [0.05, 0.1) is 11.3 Å². The third-order valence-electron chi connectivity index (χ3n) is 5.20. The van der Waals surface area contributed by atoms with Crippen LogP contribution in [0.5, 0.6) is 0 Å². The number of benzene rings is 2. The van der Waals surface area contributed by atoms with Gasteiger partial charge in [-0.05, 0) is 48.9 Å². The molecule has 1 heterocycles. The summed E-state index contributed by atoms with van der Waals surface area (Å²) in [5, 5.41) is 7.07. The largest absolute Gasteiger partial charge is 0.361 e. The average molecular weight is 423 g/mol. The van der Waals surface area contributed by atoms with Crippen LogP contribution in [0.15, 0.2) is 57.9 Å². The van der Waals surface area contributed by atoms with Crippen molar-refractivity contribution in [1.82, 2.24) is 10.5 Å². The molecule has 1 N–H and O–H groups in total. The Balaban J connectivity index is 1.58. The fraction of sp³-hybridized carbons (Fsp3) is 0.360. The molecule has 0 atom stereocenters. The monoisotopic (exact) mass is 422 g/mol. The van der Waals surface area contributed by atoms with E-state index in [0.29, 0.717) is 12.1 Å². The molecule has 5 heteroatoms. The van der Waals surface area contributed by atoms with Gasteiger partial charge in [0.25, 0.3) is 5.91 Å². The van der Waals surface area contributed by atoms with Crippen molar-refractivity contribution in [3.05, 3.63) is 82.2 Å². The third-order valence-corrected chi connectivity index (χ3v) is 6.30. The zero-order valence-corrected chi connectivity index (χ0v) is 19.2. The van der Waals surface area contributed by atoms with Crippen LogP contribution in [0.4, 0.5) is 0 Å². The second-order valence-electron chi connectivity index (χ2n) is 8.54. The van der Waals surface area contributed by atoms with Gasteiger partial charge in [0.1, 0.15) is 5.76 Å². The van der Waals surface area contributed by atoms with Crippen molar-refractivity contribution >= 4 is 17.7 Å². The van der Waals surface area contributed by atoms with Crippen molar-refractivity contribution < 1.29 is 9.32 Å². The Morgan fingerprint density at radius 1 is 1.07 bits per heavy atom. The number of carbonyl (C=O) groups is 1. The molecule has 0 aliphatic carbocycles. The number of nitrogens with zero attached hydrogens (tertiary/aromatic N) is 1. The number of carbonyl (C=O) groups excluding carboxylic acids is 1. The minimum Gasteiger partial charge on any atom is -0.361 e. The lowest BCUT2D eigenvalue weighted by atomic mass is 9.86. The van der Waals surface area contributed by atoms with Gasteiger partial charge in [-0.3, -0.25) is 4.79 Å². The van der Waals surface area contributed by atoms with E-state index in [-0.39, 0.29) is 11.3 Å². The quantitative estimate of drug-likeness (QED) is 0.485. The summed E-state index contributed by atoms with van der Waals surface area (Å²) in [7, 11) is 0. The molecule has 0 saturated heterocycles. The van der Waals surface area contributed by atoms with Gasteiger partial charge in [-0.25, -0.2) is 0 Å². The molecule has 1 amide bonds. The zero-order valence-electron chi connectivity index (χ0n) is 18.4. The summed E-state index contributed by atoms with van der Waals surface area (Å²) in [6.07, 6.45) is 0.810. The highest BCUT2D eigenvalue weighted by atomic mass is 32.2. The number of aromatic nitrogens is 1. The van der Waals surface area contributed by atoms with Crippen LogP contribution in [0.1, 0.15) is 59.3 Å². The maximum Gasteiger partial charge on any atom is 0.252 e. The van der Waals surface area contributed by atoms with Crippen LogP contribution in [0.2, 0.25) is 0 Å². The minimum atomic E-state index is -0.0387. The molecule has 2 aromatic carbocycles. The molecular weight excluding hydrogens is 392 g/mol. The molecule has 0 spiro atoms. The van der Waals surface area contributed by atoms with E-state index >= 15 is 0 Å². The number of nitrogens with one attached hydrogen (secondary N) is 1. The predicted molar refractivity (Wildman–Crippen MR) is 123 cm³/mol. The number of hydrogen-bond donors (Lipinski definition) is 1. The van der Waals surface area contributed by atoms with Crippen molar-refractivity contribution in [2.24, 2.45) is 0 Å². The normalized spacial score (nSPS) is 11.5. The number of aryl methyl sites for hydroxylation is 2. The van der Waals surface area contributed by atoms with E-state index in [0.717, 1.165) is 34.1 Å². The number of amides is 1. The Kier molecular flexibility index (Phi) is 7.03. The Hall–Kier alpha value is -2.53. The fourth-order valence-corrected chi connectivity index (χ4v) is 4.43. The Morgan fingerprint density at radius 3 is 2.40 bits per heavy atom. The van der Waals surface area contributed by atoms with E-state index in [1.54, 1.807) is 11.8 Å². The van der Waals surface area contributed by atoms with E-state index in [1.807, 2.05) is 38.1 Å². The zero-order chi connectivity index (χ0) is 21.7. The van der Waals surface area contributed by atoms with E-state index < -0.39 is 0 Å². The van der Waals surface area contributed by atoms with Crippen LogP contribution in [0.25, 0.3) is 0 Å². The van der Waals surface area contributed by atoms with Gasteiger partial charge in [0, 0.05) is 22.8 Å². The molecule has 1 aromatic heterocycles. The molecule has 0 saturated carbocycles. The van der Waals surface area contributed by atoms with Gasteiger partial charge in [-0.2, -0.15) is 0 Å². The second kappa shape index (κ2) is 9.52. The molecule has 30 heavy (non-hydrogen) atoms. The molecule has 3 aromatic rings. The van der Waals surface area contributed by atoms with Crippen LogP contribution in [0, 0.1) is 13.8 Å². The molecule has 0 aliphatic heterocycles. The van der Waals surface area contributed by atoms with E-state index in [2.05, 4.69) is 55.5 Å². The molecule has 3 rings (SSSR count). The molecule has 0 bridgehead atoms. The first kappa shape index (κ1) is 22.2. The highest BCUT2D eigenvalue weighted by Gasteiger charge is 2.15. The Morgan fingerprint density at radius 2 is 1.77 bits per heavy atom. The Bertz CT molecular complexity index is 981. The smallest absolute Gasteiger partial charge is 0.252 e. The van der Waals surface area contributed by atoms with E-state index in [4.69, 9.17) is 4.52 Å². The summed E-state index contributed by atoms with van der Waals surface area (Å²) in [4.78, 5) is 13.7. The van der Waals surface area contributed by atoms with Gasteiger partial charge >= 0.3 is 0 Å². The van der Waals surface area contributed by atoms with Gasteiger partial charge in [0.2, 0.25) is 0 Å². The predicted octanol–water partition coefficient (Wildman–Crippen LogP) is 5.85. The maximum absolute atomic E-state index is 12.8. The van der Waals surface area contributed by atoms with Crippen molar-refractivity contribution in [3.8, 4) is 0 Å². The minimum absolute atomic E-state index is 0.0387. The molecule has 0 radical (unpaired) electrons. The van der Waals surface area contributed by atoms with Crippen LogP contribution >= 0.6 is 11.8 Å². The maximum atomic E-state index is 12.8. The van der Waals surface area contributed by atoms with Gasteiger partial charge in [-0.1, -0.05) is 62.3 Å². The second-order valence-corrected chi connectivity index (χ2v) is 9.56. The average Bonchev–Trinajstić information content (AvgIpc) is 3.04. The van der Waals surface area contributed by atoms with E-state index in [9.17, 15) is 4.79 Å². The first-order valence-electron chi connectivity index (χ1n) is 10.3. The molecule has 0 unspecified atom stereocenters. The lowest BCUT2D eigenvalue weighted by Crippen LogP contribution is -2.26. The third kappa shape index (κ3) is 5.54. The summed E-state index contributed by atoms with van der Waals surface area (Å²) in [6.45, 7) is 11.1. The number of hydrogen-bond acceptors (Lipinski definition) is 4. The summed E-state index contributed by atoms with van der Waals surface area (Å²) in [6, 6.07) is 16.4. The van der Waals surface area contributed by atoms with E-state index in [1.165, 1.54) is 11.1 Å². The van der Waals surface area contributed by atoms with Crippen LogP contribution < -0.4 is 5.32 Å². The topological polar surface area (TPSA) is 55.1 Å². The Labute approximate surface area is 183 Å². The molecule has 0 fully saturated rings. The van der Waals surface area contributed by atoms with Crippen molar-refractivity contribution in [1.29, 1.82) is 0 Å². The highest BCUT2D eigenvalue weighted by molar-refractivity contribution is 7.98. The van der Waals surface area contributed by atoms with Crippen LogP contribution in [-0.2, 0) is 17.6 Å². The van der Waals surface area contributed by atoms with Gasteiger partial charge in [0.15, 0.2) is 0 Å². The van der Waals surface area contributed by atoms with Crippen molar-refractivity contribution in [3.63, 3.8) is 0 Å². The number of thioether (sulfide) groups is 1. The lowest BCUT2D eigenvalue weighted by molar-refractivity contribution is 0.0951. The first-order valence-corrected chi connectivity index (χ1v) is 11.3. The lowest BCUT2D eigenvalue weighted by Gasteiger charge is -2.19. The SMILES string of the molecule is Cc1noc(C)c1CSc1ccccc1C(=O)NCCc1ccc(C(C)(C)C)cc1. The number of rotatable bonds is 7. The highest BCUT2D eigenvalue weighted by Crippen LogP contribution is 2.29. The molecule has 0 aliphatic rings. The summed E-state index contributed by atoms with van der Waals surface area (Å²) in [5.74, 6) is 1.52. The molecule has 4 nitrogen and oxygen atoms in total. The fourth-order valence-electron chi connectivity index (χ4n) is 3.22. The molecular formula is C25H30N2O2S. The standard InChI is InChI=1S/C25H30N2O2S/c1-17-22(18(2)29-27-17)16-30-23-9-7-6-8-21(23)24(28)26-15-14-19-10-12-20(13-11-19)25(3,4)5/h6-13H,14-16H2,1-5H3,(H,26,28). The summed E-state index contributed by atoms with van der Waals surface area (Å²) < 4.78 is 5.24. The summed E-state index contributed by atoms with van der Waals surface area (Å²) >= 11 is 1.63. The summed E-state index contributed by atoms with van der Waals surface area (Å²) in [5.41, 5.74) is 5.40. The van der Waals surface area contributed by atoms with Crippen LogP contribution in [-0.4, -0.2) is 17.6 Å². The van der Waals surface area contributed by atoms with Crippen LogP contribution in [0.3, 0.4) is 0 Å².